The van der Waals surface area contributed by atoms with Crippen molar-refractivity contribution in [2.75, 3.05) is 39.6 Å². The summed E-state index contributed by atoms with van der Waals surface area (Å²) in [5.41, 5.74) is 0. The van der Waals surface area contributed by atoms with Gasteiger partial charge >= 0.3 is 39.5 Å². The van der Waals surface area contributed by atoms with Crippen molar-refractivity contribution in [2.45, 2.75) is 303 Å². The van der Waals surface area contributed by atoms with Gasteiger partial charge in [0.2, 0.25) is 0 Å². The lowest BCUT2D eigenvalue weighted by molar-refractivity contribution is -0.161. The largest absolute Gasteiger partial charge is 0.472 e. The first-order valence-corrected chi connectivity index (χ1v) is 42.4. The lowest BCUT2D eigenvalue weighted by atomic mass is 10.1. The maximum Gasteiger partial charge on any atom is 0.472 e. The minimum atomic E-state index is -5.01. The number of phosphoric acid groups is 2. The van der Waals surface area contributed by atoms with E-state index in [0.717, 1.165) is 180 Å². The molecule has 0 aliphatic carbocycles. The summed E-state index contributed by atoms with van der Waals surface area (Å²) in [6, 6.07) is 0. The fraction of sp³-hybridized carbons (Fsp3) is 0.624. The van der Waals surface area contributed by atoms with Gasteiger partial charge in [0.25, 0.3) is 0 Å². The van der Waals surface area contributed by atoms with Crippen LogP contribution in [0.15, 0.2) is 170 Å². The van der Waals surface area contributed by atoms with Crippen LogP contribution in [0.5, 0.6) is 0 Å². The lowest BCUT2D eigenvalue weighted by Gasteiger charge is -2.21. The van der Waals surface area contributed by atoms with Crippen LogP contribution >= 0.6 is 15.6 Å². The second kappa shape index (κ2) is 75.6. The highest BCUT2D eigenvalue weighted by atomic mass is 31.2. The molecule has 0 saturated heterocycles. The van der Waals surface area contributed by atoms with E-state index in [-0.39, 0.29) is 25.7 Å². The Morgan fingerprint density at radius 2 is 0.538 bits per heavy atom. The van der Waals surface area contributed by atoms with Crippen LogP contribution in [0, 0.1) is 0 Å². The summed E-state index contributed by atoms with van der Waals surface area (Å²) in [5, 5.41) is 10.6. The van der Waals surface area contributed by atoms with Crippen LogP contribution in [0.1, 0.15) is 285 Å². The number of hydrogen-bond acceptors (Lipinski definition) is 15. The van der Waals surface area contributed by atoms with Crippen molar-refractivity contribution < 1.29 is 80.2 Å². The molecule has 590 valence electrons. The smallest absolute Gasteiger partial charge is 0.462 e. The van der Waals surface area contributed by atoms with Gasteiger partial charge < -0.3 is 33.8 Å². The molecule has 19 heteroatoms. The maximum atomic E-state index is 13.1. The molecule has 0 heterocycles. The molecule has 5 unspecified atom stereocenters. The Morgan fingerprint density at radius 3 is 0.875 bits per heavy atom. The van der Waals surface area contributed by atoms with E-state index in [1.54, 1.807) is 6.08 Å². The first-order valence-electron chi connectivity index (χ1n) is 39.4. The van der Waals surface area contributed by atoms with Crippen molar-refractivity contribution in [1.82, 2.24) is 0 Å². The third kappa shape index (κ3) is 74.7. The minimum Gasteiger partial charge on any atom is -0.462 e. The third-order valence-corrected chi connectivity index (χ3v) is 17.6. The van der Waals surface area contributed by atoms with Gasteiger partial charge in [0.05, 0.1) is 32.8 Å². The topological polar surface area (TPSA) is 237 Å². The predicted octanol–water partition coefficient (Wildman–Crippen LogP) is 23.0. The molecule has 104 heavy (non-hydrogen) atoms. The summed E-state index contributed by atoms with van der Waals surface area (Å²) in [5.74, 6) is -2.39. The first-order chi connectivity index (χ1) is 50.7. The molecule has 0 spiro atoms. The van der Waals surface area contributed by atoms with E-state index >= 15 is 0 Å². The number of unbranched alkanes of at least 4 members (excludes halogenated alkanes) is 19. The number of hydrogen-bond donors (Lipinski definition) is 3. The summed E-state index contributed by atoms with van der Waals surface area (Å²) in [4.78, 5) is 72.9. The summed E-state index contributed by atoms with van der Waals surface area (Å²) in [6.45, 7) is 4.33. The van der Waals surface area contributed by atoms with Crippen LogP contribution in [0.4, 0.5) is 0 Å². The molecule has 0 bridgehead atoms. The Kier molecular flexibility index (Phi) is 71.6. The van der Waals surface area contributed by atoms with Crippen LogP contribution in [0.25, 0.3) is 0 Å². The molecule has 0 fully saturated rings. The van der Waals surface area contributed by atoms with Crippen molar-refractivity contribution >= 4 is 39.5 Å². The molecular weight excluding hydrogens is 1350 g/mol. The van der Waals surface area contributed by atoms with E-state index in [9.17, 15) is 43.2 Å². The molecule has 0 aliphatic heterocycles. The standard InChI is InChI=1S/C85H138O17P2/c1-5-9-13-17-21-25-29-33-36-38-39-41-43-47-50-54-58-62-66-70-83(88)96-76-81(102-85(90)72-68-64-60-56-52-48-44-40-37-34-30-26-22-18-14-10-6-2)78-100-104(93,94)98-74-79(86)73-97-103(91,92)99-77-80(101-84(89)71-67-63-59-55-51-45-32-28-24-20-16-12-8-4)75-95-82(87)69-65-61-57-53-49-46-42-35-31-27-23-19-15-11-7-3/h9-11,13-15,21-23,25-28,32-37,39,41-42,47,49-50,53,61,65,79-81,86H,5-8,12,16-20,24,29-31,38,40,43-46,48,51-52,54-60,62-64,66-78H2,1-4H3,(H,91,92)(H,93,94)/b13-9-,14-10-,15-11-,25-21-,26-22-,27-23-,32-28-,36-33-,37-34-,41-39-,42-35-,50-47-,53-49-,65-61-. The molecule has 0 aliphatic rings. The van der Waals surface area contributed by atoms with Crippen LogP contribution in [-0.4, -0.2) is 96.7 Å². The van der Waals surface area contributed by atoms with Gasteiger partial charge in [-0.2, -0.15) is 0 Å². The number of carbonyl (C=O) groups excluding carboxylic acids is 4. The van der Waals surface area contributed by atoms with Crippen LogP contribution in [-0.2, 0) is 65.4 Å². The maximum absolute atomic E-state index is 13.1. The fourth-order valence-electron chi connectivity index (χ4n) is 9.80. The number of rotatable bonds is 72. The van der Waals surface area contributed by atoms with Gasteiger partial charge in [0, 0.05) is 19.3 Å². The molecular formula is C85H138O17P2. The van der Waals surface area contributed by atoms with Gasteiger partial charge in [0.15, 0.2) is 12.2 Å². The first kappa shape index (κ1) is 98.4. The molecule has 3 N–H and O–H groups in total. The number of esters is 4. The highest BCUT2D eigenvalue weighted by Gasteiger charge is 2.30. The molecule has 17 nitrogen and oxygen atoms in total. The minimum absolute atomic E-state index is 0.0597. The molecule has 0 aromatic heterocycles. The zero-order valence-corrected chi connectivity index (χ0v) is 66.2. The second-order valence-corrected chi connectivity index (χ2v) is 28.4. The number of aliphatic hydroxyl groups is 1. The highest BCUT2D eigenvalue weighted by Crippen LogP contribution is 2.45. The summed E-state index contributed by atoms with van der Waals surface area (Å²) in [6.07, 6.45) is 89.4. The van der Waals surface area contributed by atoms with Crippen LogP contribution < -0.4 is 0 Å². The third-order valence-electron chi connectivity index (χ3n) is 15.7. The molecule has 0 saturated carbocycles. The van der Waals surface area contributed by atoms with E-state index in [4.69, 9.17) is 37.0 Å². The number of carbonyl (C=O) groups is 4. The molecule has 0 rings (SSSR count). The Labute approximate surface area is 629 Å². The Bertz CT molecular complexity index is 2640. The molecule has 5 atom stereocenters. The zero-order chi connectivity index (χ0) is 76.0. The molecule has 0 aromatic rings. The van der Waals surface area contributed by atoms with Crippen molar-refractivity contribution in [3.63, 3.8) is 0 Å². The van der Waals surface area contributed by atoms with Gasteiger partial charge in [0.1, 0.15) is 19.3 Å². The van der Waals surface area contributed by atoms with Gasteiger partial charge in [-0.1, -0.05) is 275 Å². The summed E-state index contributed by atoms with van der Waals surface area (Å²) in [7, 11) is -10.0. The van der Waals surface area contributed by atoms with E-state index in [2.05, 4.69) is 174 Å². The van der Waals surface area contributed by atoms with Crippen LogP contribution in [0.2, 0.25) is 0 Å². The Morgan fingerprint density at radius 1 is 0.288 bits per heavy atom. The normalized spacial score (nSPS) is 14.8. The zero-order valence-electron chi connectivity index (χ0n) is 64.4. The molecule has 0 aromatic carbocycles. The molecule has 0 amide bonds. The number of ether oxygens (including phenoxy) is 4. The van der Waals surface area contributed by atoms with Crippen molar-refractivity contribution in [3.8, 4) is 0 Å². The average Bonchev–Trinajstić information content (AvgIpc) is 0.911. The summed E-state index contributed by atoms with van der Waals surface area (Å²) >= 11 is 0. The quantitative estimate of drug-likeness (QED) is 0.0169. The van der Waals surface area contributed by atoms with Crippen LogP contribution in [0.3, 0.4) is 0 Å². The van der Waals surface area contributed by atoms with Gasteiger partial charge in [-0.25, -0.2) is 9.13 Å². The highest BCUT2D eigenvalue weighted by molar-refractivity contribution is 7.47. The van der Waals surface area contributed by atoms with E-state index < -0.39 is 97.5 Å². The number of aliphatic hydroxyl groups excluding tert-OH is 1. The van der Waals surface area contributed by atoms with Crippen molar-refractivity contribution in [2.24, 2.45) is 0 Å². The number of phosphoric ester groups is 2. The molecule has 0 radical (unpaired) electrons. The Balaban J connectivity index is 5.48. The van der Waals surface area contributed by atoms with Gasteiger partial charge in [-0.3, -0.25) is 37.3 Å². The summed E-state index contributed by atoms with van der Waals surface area (Å²) < 4.78 is 68.4. The monoisotopic (exact) mass is 1490 g/mol. The predicted molar refractivity (Wildman–Crippen MR) is 426 cm³/mol. The fourth-order valence-corrected chi connectivity index (χ4v) is 11.4. The van der Waals surface area contributed by atoms with E-state index in [1.165, 1.54) is 25.7 Å². The van der Waals surface area contributed by atoms with Gasteiger partial charge in [-0.15, -0.1) is 0 Å². The van der Waals surface area contributed by atoms with Gasteiger partial charge in [-0.05, 0) is 154 Å². The SMILES string of the molecule is CC/C=C\C/C=C\C/C=C\C/C=C\C/C=C\CCCCCC(=O)OCC(COP(=O)(O)OCC(O)COP(=O)(O)OCC(COC(=O)C/C=C\C/C=C\C/C=C\C/C=C\C/C=C\CC)OC(=O)CCCCCCC/C=C\CCCCCC)OC(=O)CCCCCCCCC/C=C\C/C=C\C/C=C\CC. The average molecular weight is 1490 g/mol. The lowest BCUT2D eigenvalue weighted by Crippen LogP contribution is -2.30. The second-order valence-electron chi connectivity index (χ2n) is 25.5. The van der Waals surface area contributed by atoms with E-state index in [0.29, 0.717) is 25.7 Å². The Hall–Kier alpha value is -5.58. The van der Waals surface area contributed by atoms with E-state index in [1.807, 2.05) is 18.2 Å². The van der Waals surface area contributed by atoms with Crippen molar-refractivity contribution in [1.29, 1.82) is 0 Å². The van der Waals surface area contributed by atoms with Crippen molar-refractivity contribution in [3.05, 3.63) is 170 Å². The number of allylic oxidation sites excluding steroid dienone is 27.